The van der Waals surface area contributed by atoms with Crippen LogP contribution in [0.15, 0.2) is 30.5 Å². The average Bonchev–Trinajstić information content (AvgIpc) is 3.99. The minimum absolute atomic E-state index is 0.0308. The molecule has 2 saturated carbocycles. The first kappa shape index (κ1) is 40.9. The topological polar surface area (TPSA) is 192 Å². The van der Waals surface area contributed by atoms with Crippen molar-refractivity contribution in [2.24, 2.45) is 11.3 Å². The molecule has 15 nitrogen and oxygen atoms in total. The van der Waals surface area contributed by atoms with Crippen LogP contribution in [0.4, 0.5) is 9.18 Å². The van der Waals surface area contributed by atoms with Crippen molar-refractivity contribution in [1.82, 2.24) is 25.2 Å². The van der Waals surface area contributed by atoms with E-state index in [-0.39, 0.29) is 31.2 Å². The lowest BCUT2D eigenvalue weighted by Crippen LogP contribution is -2.60. The van der Waals surface area contributed by atoms with Gasteiger partial charge in [0.25, 0.3) is 5.91 Å². The number of hydrogen-bond donors (Lipinski definition) is 3. The van der Waals surface area contributed by atoms with Gasteiger partial charge in [-0.15, -0.1) is 0 Å². The van der Waals surface area contributed by atoms with Crippen molar-refractivity contribution < 1.29 is 50.4 Å². The smallest absolute Gasteiger partial charge is 0.408 e. The van der Waals surface area contributed by atoms with E-state index in [0.717, 1.165) is 5.39 Å². The zero-order chi connectivity index (χ0) is 39.9. The lowest BCUT2D eigenvalue weighted by molar-refractivity contribution is -0.143. The van der Waals surface area contributed by atoms with E-state index in [2.05, 4.69) is 15.6 Å². The van der Waals surface area contributed by atoms with Crippen LogP contribution in [0.5, 0.6) is 11.6 Å². The van der Waals surface area contributed by atoms with E-state index in [1.807, 2.05) is 17.7 Å². The highest BCUT2D eigenvalue weighted by Gasteiger charge is 2.62. The number of likely N-dealkylation sites (tertiary alicyclic amines) is 1. The summed E-state index contributed by atoms with van der Waals surface area (Å²) in [5.74, 6) is -1.79. The minimum Gasteiger partial charge on any atom is -0.497 e. The van der Waals surface area contributed by atoms with Crippen LogP contribution in [0.3, 0.4) is 0 Å². The number of nitrogens with one attached hydrogen (secondary N) is 3. The molecule has 1 aromatic carbocycles. The summed E-state index contributed by atoms with van der Waals surface area (Å²) >= 11 is 0. The Hall–Kier alpha value is -4.25. The van der Waals surface area contributed by atoms with E-state index in [4.69, 9.17) is 18.4 Å². The number of alkyl carbamates (subject to hydrolysis) is 1. The number of benzene rings is 1. The SMILES string of the molecule is CC[C@@H]1C[C@]1(NC(=O)[C@@H]1C[C@@H](Oc2nccc3cc(OC)ccc23)CN1C(=O)[C@@H](NC(=O)OC(C)(C)CF)C(C)(C)C)C(=O)NS(=O)(=O)OC1(CC)CC1. The Kier molecular flexibility index (Phi) is 11.5. The maximum absolute atomic E-state index is 14.5. The molecule has 1 aromatic heterocycles. The maximum Gasteiger partial charge on any atom is 0.408 e. The van der Waals surface area contributed by atoms with Gasteiger partial charge >= 0.3 is 16.4 Å². The summed E-state index contributed by atoms with van der Waals surface area (Å²) in [6, 6.07) is 4.68. The Balaban J connectivity index is 1.43. The van der Waals surface area contributed by atoms with Crippen LogP contribution < -0.4 is 24.8 Å². The Labute approximate surface area is 315 Å². The van der Waals surface area contributed by atoms with Crippen LogP contribution in [0.2, 0.25) is 0 Å². The number of fused-ring (bicyclic) bond motifs is 1. The van der Waals surface area contributed by atoms with Gasteiger partial charge in [-0.05, 0) is 80.5 Å². The quantitative estimate of drug-likeness (QED) is 0.236. The molecule has 5 atom stereocenters. The first-order chi connectivity index (χ1) is 25.2. The maximum atomic E-state index is 14.5. The van der Waals surface area contributed by atoms with Gasteiger partial charge in [0.2, 0.25) is 17.7 Å². The largest absolute Gasteiger partial charge is 0.497 e. The van der Waals surface area contributed by atoms with E-state index < -0.39 is 81.1 Å². The van der Waals surface area contributed by atoms with Crippen LogP contribution in [0.1, 0.15) is 87.0 Å². The number of alkyl halides is 1. The standard InChI is InChI=1S/C37H52FN5O10S/c1-9-23-19-37(23,32(46)42-54(48,49)53-36(10-2)14-15-36)41-29(44)27-18-25(51-30-26-12-11-24(50-8)17-22(26)13-16-39-30)20-43(27)31(45)28(34(3,4)5)40-33(47)52-35(6,7)21-38/h11-13,16-17,23,25,27-28H,9-10,14-15,18-21H2,1-8H3,(H,40,47)(H,41,44)(H,42,46)/t23-,25-,27+,28-,37-/m1/s1. The molecule has 4 amide bonds. The average molecular weight is 778 g/mol. The molecule has 5 rings (SSSR count). The van der Waals surface area contributed by atoms with E-state index in [9.17, 15) is 32.0 Å². The number of amides is 4. The molecule has 2 heterocycles. The van der Waals surface area contributed by atoms with Crippen LogP contribution in [0, 0.1) is 11.3 Å². The third-order valence-corrected chi connectivity index (χ3v) is 11.4. The highest BCUT2D eigenvalue weighted by atomic mass is 32.2. The Morgan fingerprint density at radius 3 is 2.37 bits per heavy atom. The molecule has 3 aliphatic rings. The molecular formula is C37H52FN5O10S. The van der Waals surface area contributed by atoms with Gasteiger partial charge < -0.3 is 29.7 Å². The highest BCUT2D eigenvalue weighted by Crippen LogP contribution is 2.47. The summed E-state index contributed by atoms with van der Waals surface area (Å²) in [6.45, 7) is 10.5. The van der Waals surface area contributed by atoms with Crippen LogP contribution in [0.25, 0.3) is 10.8 Å². The van der Waals surface area contributed by atoms with Gasteiger partial charge in [0.15, 0.2) is 0 Å². The van der Waals surface area contributed by atoms with Crippen molar-refractivity contribution >= 4 is 44.9 Å². The molecule has 3 N–H and O–H groups in total. The van der Waals surface area contributed by atoms with Crippen LogP contribution >= 0.6 is 0 Å². The lowest BCUT2D eigenvalue weighted by Gasteiger charge is -2.36. The van der Waals surface area contributed by atoms with Gasteiger partial charge in [0, 0.05) is 18.0 Å². The number of hydrogen-bond acceptors (Lipinski definition) is 11. The van der Waals surface area contributed by atoms with E-state index >= 15 is 0 Å². The number of methoxy groups -OCH3 is 1. The molecule has 2 aliphatic carbocycles. The predicted molar refractivity (Wildman–Crippen MR) is 195 cm³/mol. The number of ether oxygens (including phenoxy) is 3. The summed E-state index contributed by atoms with van der Waals surface area (Å²) in [4.78, 5) is 61.1. The minimum atomic E-state index is -4.49. The normalized spacial score (nSPS) is 23.9. The summed E-state index contributed by atoms with van der Waals surface area (Å²) < 4.78 is 63.6. The van der Waals surface area contributed by atoms with E-state index in [1.165, 1.54) is 18.7 Å². The molecule has 54 heavy (non-hydrogen) atoms. The first-order valence-corrected chi connectivity index (χ1v) is 19.7. The van der Waals surface area contributed by atoms with Gasteiger partial charge in [0.1, 0.15) is 41.8 Å². The fraction of sp³-hybridized carbons (Fsp3) is 0.649. The van der Waals surface area contributed by atoms with Crippen molar-refractivity contribution in [2.75, 3.05) is 20.3 Å². The molecule has 1 saturated heterocycles. The Morgan fingerprint density at radius 2 is 1.80 bits per heavy atom. The molecule has 0 unspecified atom stereocenters. The predicted octanol–water partition coefficient (Wildman–Crippen LogP) is 4.09. The van der Waals surface area contributed by atoms with Gasteiger partial charge in [0.05, 0.1) is 19.3 Å². The second-order valence-corrected chi connectivity index (χ2v) is 17.5. The molecule has 0 radical (unpaired) electrons. The number of aromatic nitrogens is 1. The number of nitrogens with zero attached hydrogens (tertiary/aromatic N) is 2. The van der Waals surface area contributed by atoms with Gasteiger partial charge in [-0.25, -0.2) is 23.1 Å². The summed E-state index contributed by atoms with van der Waals surface area (Å²) in [6.07, 6.45) is 1.91. The number of carbonyl (C=O) groups excluding carboxylic acids is 4. The molecule has 0 spiro atoms. The number of halogens is 1. The molecule has 2 aromatic rings. The van der Waals surface area contributed by atoms with Gasteiger partial charge in [-0.1, -0.05) is 41.0 Å². The number of rotatable bonds is 15. The molecule has 3 fully saturated rings. The van der Waals surface area contributed by atoms with Crippen molar-refractivity contribution in [2.45, 2.75) is 122 Å². The zero-order valence-electron chi connectivity index (χ0n) is 32.1. The third-order valence-electron chi connectivity index (χ3n) is 10.4. The summed E-state index contributed by atoms with van der Waals surface area (Å²) in [5, 5.41) is 6.81. The van der Waals surface area contributed by atoms with Crippen molar-refractivity contribution in [1.29, 1.82) is 0 Å². The van der Waals surface area contributed by atoms with Gasteiger partial charge in [-0.2, -0.15) is 8.42 Å². The second kappa shape index (κ2) is 15.1. The fourth-order valence-electron chi connectivity index (χ4n) is 6.83. The zero-order valence-corrected chi connectivity index (χ0v) is 32.9. The Bertz CT molecular complexity index is 1880. The Morgan fingerprint density at radius 1 is 1.09 bits per heavy atom. The molecular weight excluding hydrogens is 725 g/mol. The lowest BCUT2D eigenvalue weighted by atomic mass is 9.85. The molecule has 17 heteroatoms. The fourth-order valence-corrected chi connectivity index (χ4v) is 8.03. The molecule has 1 aliphatic heterocycles. The van der Waals surface area contributed by atoms with E-state index in [0.29, 0.717) is 36.8 Å². The number of carbonyl (C=O) groups is 4. The first-order valence-electron chi connectivity index (χ1n) is 18.3. The van der Waals surface area contributed by atoms with Crippen molar-refractivity contribution in [3.05, 3.63) is 30.5 Å². The van der Waals surface area contributed by atoms with Gasteiger partial charge in [-0.3, -0.25) is 14.4 Å². The third kappa shape index (κ3) is 8.99. The van der Waals surface area contributed by atoms with E-state index in [1.54, 1.807) is 59.2 Å². The highest BCUT2D eigenvalue weighted by molar-refractivity contribution is 7.85. The summed E-state index contributed by atoms with van der Waals surface area (Å²) in [7, 11) is -2.94. The van der Waals surface area contributed by atoms with Crippen molar-refractivity contribution in [3.63, 3.8) is 0 Å². The van der Waals surface area contributed by atoms with Crippen LogP contribution in [-0.2, 0) is 33.6 Å². The second-order valence-electron chi connectivity index (χ2n) is 16.2. The van der Waals surface area contributed by atoms with Crippen LogP contribution in [-0.4, -0.2) is 97.4 Å². The monoisotopic (exact) mass is 777 g/mol. The summed E-state index contributed by atoms with van der Waals surface area (Å²) in [5.41, 5.74) is -4.78. The van der Waals surface area contributed by atoms with Crippen molar-refractivity contribution in [3.8, 4) is 11.6 Å². The molecule has 0 bridgehead atoms. The molecule has 298 valence electrons. The number of pyridine rings is 1.